The highest BCUT2D eigenvalue weighted by Crippen LogP contribution is 2.64. The molecule has 0 amide bonds. The Morgan fingerprint density at radius 3 is 2.86 bits per heavy atom. The molecule has 35 heavy (non-hydrogen) atoms. The summed E-state index contributed by atoms with van der Waals surface area (Å²) in [4.78, 5) is 25.7. The van der Waals surface area contributed by atoms with Gasteiger partial charge in [0.05, 0.1) is 6.10 Å². The summed E-state index contributed by atoms with van der Waals surface area (Å²) in [5.41, 5.74) is 2.10. The summed E-state index contributed by atoms with van der Waals surface area (Å²) >= 11 is 0. The van der Waals surface area contributed by atoms with Crippen LogP contribution < -0.4 is 10.1 Å². The van der Waals surface area contributed by atoms with E-state index in [1.807, 2.05) is 6.07 Å². The Hall–Kier alpha value is -2.36. The lowest BCUT2D eigenvalue weighted by atomic mass is 9.51. The standard InChI is InChI=1S/C26H34N2O7/c1-34-20-11-14(20)12-28-9-8-26-15-3-4-16(27-17(25(32)33)5-7-21(30)31)24(26)35-23-19(29)6-2-13(22(23)26)10-18(15)28/h2,6,14-18,20,24,27,29H,3-5,7-12H2,1H3,(H,30,31)(H,32,33)/t14?,15-,16+,17-,18+,20?,24-,26-/m0/s1. The van der Waals surface area contributed by atoms with Gasteiger partial charge in [-0.05, 0) is 62.6 Å². The summed E-state index contributed by atoms with van der Waals surface area (Å²) in [7, 11) is 1.79. The number of phenolic OH excluding ortho intramolecular Hbond substituents is 1. The van der Waals surface area contributed by atoms with Gasteiger partial charge in [0, 0.05) is 49.1 Å². The summed E-state index contributed by atoms with van der Waals surface area (Å²) in [5.74, 6) is -0.377. The molecule has 1 spiro atoms. The van der Waals surface area contributed by atoms with E-state index >= 15 is 0 Å². The maximum absolute atomic E-state index is 11.9. The van der Waals surface area contributed by atoms with Gasteiger partial charge in [0.25, 0.3) is 0 Å². The molecule has 0 radical (unpaired) electrons. The number of aliphatic carboxylic acids is 2. The van der Waals surface area contributed by atoms with Crippen LogP contribution in [0.4, 0.5) is 0 Å². The number of phenols is 1. The summed E-state index contributed by atoms with van der Waals surface area (Å²) in [6.45, 7) is 1.98. The van der Waals surface area contributed by atoms with Crippen molar-refractivity contribution in [2.24, 2.45) is 11.8 Å². The maximum Gasteiger partial charge on any atom is 0.320 e. The van der Waals surface area contributed by atoms with E-state index in [-0.39, 0.29) is 36.2 Å². The van der Waals surface area contributed by atoms with Crippen molar-refractivity contribution >= 4 is 11.9 Å². The Balaban J connectivity index is 1.32. The van der Waals surface area contributed by atoms with Crippen molar-refractivity contribution in [3.63, 3.8) is 0 Å². The largest absolute Gasteiger partial charge is 0.504 e. The Morgan fingerprint density at radius 1 is 1.31 bits per heavy atom. The van der Waals surface area contributed by atoms with Gasteiger partial charge in [0.2, 0.25) is 0 Å². The van der Waals surface area contributed by atoms with E-state index in [1.54, 1.807) is 13.2 Å². The van der Waals surface area contributed by atoms with Crippen LogP contribution in [0.3, 0.4) is 0 Å². The number of ether oxygens (including phenoxy) is 2. The number of likely N-dealkylation sites (tertiary alicyclic amines) is 1. The fraction of sp³-hybridized carbons (Fsp3) is 0.692. The highest BCUT2D eigenvalue weighted by molar-refractivity contribution is 5.75. The Kier molecular flexibility index (Phi) is 5.50. The van der Waals surface area contributed by atoms with Crippen molar-refractivity contribution in [2.45, 2.75) is 80.7 Å². The number of carboxylic acid groups (broad SMARTS) is 2. The van der Waals surface area contributed by atoms with Crippen molar-refractivity contribution in [1.29, 1.82) is 0 Å². The first kappa shape index (κ1) is 23.1. The molecule has 9 heteroatoms. The van der Waals surface area contributed by atoms with Gasteiger partial charge in [-0.15, -0.1) is 0 Å². The molecule has 2 heterocycles. The van der Waals surface area contributed by atoms with Gasteiger partial charge in [-0.3, -0.25) is 19.8 Å². The normalized spacial score (nSPS) is 37.3. The summed E-state index contributed by atoms with van der Waals surface area (Å²) < 4.78 is 12.1. The minimum Gasteiger partial charge on any atom is -0.504 e. The summed E-state index contributed by atoms with van der Waals surface area (Å²) in [6.07, 6.45) is 4.55. The molecule has 1 aromatic rings. The minimum absolute atomic E-state index is 0.0201. The quantitative estimate of drug-likeness (QED) is 0.413. The zero-order valence-corrected chi connectivity index (χ0v) is 20.0. The molecule has 2 unspecified atom stereocenters. The number of carboxylic acids is 2. The average molecular weight is 487 g/mol. The molecule has 0 aromatic heterocycles. The zero-order chi connectivity index (χ0) is 24.5. The van der Waals surface area contributed by atoms with Crippen LogP contribution in [0.2, 0.25) is 0 Å². The van der Waals surface area contributed by atoms with E-state index < -0.39 is 18.0 Å². The molecule has 9 nitrogen and oxygen atoms in total. The Bertz CT molecular complexity index is 1050. The van der Waals surface area contributed by atoms with Crippen molar-refractivity contribution in [3.8, 4) is 11.5 Å². The van der Waals surface area contributed by atoms with Gasteiger partial charge in [-0.1, -0.05) is 6.07 Å². The first-order valence-corrected chi connectivity index (χ1v) is 12.8. The second-order valence-electron chi connectivity index (χ2n) is 11.1. The zero-order valence-electron chi connectivity index (χ0n) is 20.0. The lowest BCUT2D eigenvalue weighted by molar-refractivity contribution is -0.141. The lowest BCUT2D eigenvalue weighted by Crippen LogP contribution is -2.69. The highest BCUT2D eigenvalue weighted by atomic mass is 16.5. The number of rotatable bonds is 9. The molecule has 4 N–H and O–H groups in total. The first-order chi connectivity index (χ1) is 16.8. The van der Waals surface area contributed by atoms with Crippen LogP contribution in [0.15, 0.2) is 12.1 Å². The Morgan fingerprint density at radius 2 is 2.14 bits per heavy atom. The predicted molar refractivity (Wildman–Crippen MR) is 125 cm³/mol. The third kappa shape index (κ3) is 3.54. The molecule has 2 bridgehead atoms. The number of nitrogens with zero attached hydrogens (tertiary/aromatic N) is 1. The second-order valence-corrected chi connectivity index (χ2v) is 11.1. The number of hydrogen-bond donors (Lipinski definition) is 4. The minimum atomic E-state index is -1.04. The summed E-state index contributed by atoms with van der Waals surface area (Å²) in [6, 6.07) is 2.96. The van der Waals surface area contributed by atoms with E-state index in [1.165, 1.54) is 5.56 Å². The van der Waals surface area contributed by atoms with Crippen LogP contribution in [0, 0.1) is 11.8 Å². The van der Waals surface area contributed by atoms with E-state index in [4.69, 9.17) is 14.6 Å². The molecule has 5 aliphatic rings. The lowest BCUT2D eigenvalue weighted by Gasteiger charge is -2.60. The molecule has 1 aromatic carbocycles. The molecule has 3 aliphatic carbocycles. The van der Waals surface area contributed by atoms with Crippen molar-refractivity contribution < 1.29 is 34.4 Å². The first-order valence-electron chi connectivity index (χ1n) is 12.8. The van der Waals surface area contributed by atoms with Crippen molar-refractivity contribution in [2.75, 3.05) is 20.2 Å². The van der Waals surface area contributed by atoms with Crippen LogP contribution in [0.25, 0.3) is 0 Å². The van der Waals surface area contributed by atoms with Gasteiger partial charge in [0.15, 0.2) is 11.5 Å². The smallest absolute Gasteiger partial charge is 0.320 e. The molecule has 2 saturated carbocycles. The molecule has 8 atom stereocenters. The van der Waals surface area contributed by atoms with Gasteiger partial charge in [0.1, 0.15) is 12.1 Å². The fourth-order valence-corrected chi connectivity index (χ4v) is 7.83. The second kappa shape index (κ2) is 8.35. The van der Waals surface area contributed by atoms with Crippen molar-refractivity contribution in [1.82, 2.24) is 10.2 Å². The number of nitrogens with one attached hydrogen (secondary N) is 1. The number of piperidine rings is 1. The molecule has 2 aliphatic heterocycles. The molecule has 6 rings (SSSR count). The molecular weight excluding hydrogens is 452 g/mol. The fourth-order valence-electron chi connectivity index (χ4n) is 7.83. The van der Waals surface area contributed by atoms with Gasteiger partial charge >= 0.3 is 11.9 Å². The predicted octanol–water partition coefficient (Wildman–Crippen LogP) is 1.74. The van der Waals surface area contributed by atoms with E-state index in [2.05, 4.69) is 10.2 Å². The third-order valence-electron chi connectivity index (χ3n) is 9.42. The molecule has 3 fully saturated rings. The third-order valence-corrected chi connectivity index (χ3v) is 9.42. The van der Waals surface area contributed by atoms with E-state index in [0.29, 0.717) is 29.7 Å². The van der Waals surface area contributed by atoms with Gasteiger partial charge < -0.3 is 24.8 Å². The summed E-state index contributed by atoms with van der Waals surface area (Å²) in [5, 5.41) is 32.8. The number of methoxy groups -OCH3 is 1. The van der Waals surface area contributed by atoms with Crippen LogP contribution in [0.1, 0.15) is 49.7 Å². The van der Waals surface area contributed by atoms with E-state index in [0.717, 1.165) is 50.8 Å². The van der Waals surface area contributed by atoms with Crippen LogP contribution >= 0.6 is 0 Å². The molecule has 1 saturated heterocycles. The molecular formula is C26H34N2O7. The maximum atomic E-state index is 11.9. The van der Waals surface area contributed by atoms with Gasteiger partial charge in [-0.2, -0.15) is 0 Å². The SMILES string of the molecule is COC1CC1CN1CC[C@]23c4c5ccc(O)c4O[C@H]2[C@H](N[C@@H](CCC(=O)O)C(=O)O)CC[C@H]3[C@H]1C5. The van der Waals surface area contributed by atoms with Crippen LogP contribution in [-0.2, 0) is 26.2 Å². The van der Waals surface area contributed by atoms with Crippen LogP contribution in [0.5, 0.6) is 11.5 Å². The average Bonchev–Trinajstić information content (AvgIpc) is 3.49. The number of benzene rings is 1. The van der Waals surface area contributed by atoms with E-state index in [9.17, 15) is 19.8 Å². The molecule has 190 valence electrons. The monoisotopic (exact) mass is 486 g/mol. The number of aromatic hydroxyl groups is 1. The highest BCUT2D eigenvalue weighted by Gasteiger charge is 2.66. The van der Waals surface area contributed by atoms with Crippen molar-refractivity contribution in [3.05, 3.63) is 23.3 Å². The van der Waals surface area contributed by atoms with Gasteiger partial charge in [-0.25, -0.2) is 0 Å². The number of hydrogen-bond acceptors (Lipinski definition) is 7. The number of carbonyl (C=O) groups is 2. The van der Waals surface area contributed by atoms with Crippen LogP contribution in [-0.4, -0.2) is 82.7 Å². The topological polar surface area (TPSA) is 129 Å². The Labute approximate surface area is 204 Å².